The van der Waals surface area contributed by atoms with E-state index in [0.717, 1.165) is 46.3 Å². The minimum Gasteiger partial charge on any atom is -0.493 e. The average Bonchev–Trinajstić information content (AvgIpc) is 2.63. The maximum atomic E-state index is 13.0. The quantitative estimate of drug-likeness (QED) is 0.413. The number of hydrogen-bond donors (Lipinski definition) is 0. The first kappa shape index (κ1) is 26.8. The van der Waals surface area contributed by atoms with Gasteiger partial charge in [-0.25, -0.2) is 0 Å². The second-order valence-electron chi connectivity index (χ2n) is 8.44. The van der Waals surface area contributed by atoms with Crippen LogP contribution in [0.25, 0.3) is 0 Å². The van der Waals surface area contributed by atoms with E-state index >= 15 is 0 Å². The van der Waals surface area contributed by atoms with Gasteiger partial charge in [-0.05, 0) is 70.4 Å². The molecule has 0 aliphatic rings. The molecule has 3 nitrogen and oxygen atoms in total. The van der Waals surface area contributed by atoms with Crippen molar-refractivity contribution in [1.29, 1.82) is 0 Å². The van der Waals surface area contributed by atoms with Gasteiger partial charge in [-0.2, -0.15) is 0 Å². The van der Waals surface area contributed by atoms with E-state index in [1.54, 1.807) is 0 Å². The summed E-state index contributed by atoms with van der Waals surface area (Å²) in [5, 5.41) is 0.942. The van der Waals surface area contributed by atoms with E-state index in [9.17, 15) is 4.79 Å². The largest absolute Gasteiger partial charge is 1.00 e. The first-order valence-electron chi connectivity index (χ1n) is 10.5. The van der Waals surface area contributed by atoms with Gasteiger partial charge >= 0.3 is 18.9 Å². The summed E-state index contributed by atoms with van der Waals surface area (Å²) in [6.07, 6.45) is 1.99. The Balaban J connectivity index is 0.00000450. The summed E-state index contributed by atoms with van der Waals surface area (Å²) < 4.78 is 12.0. The third-order valence-electron chi connectivity index (χ3n) is 4.83. The third-order valence-corrected chi connectivity index (χ3v) is 5.99. The summed E-state index contributed by atoms with van der Waals surface area (Å²) in [6, 6.07) is 11.9. The van der Waals surface area contributed by atoms with Crippen LogP contribution in [0.5, 0.6) is 11.5 Å². The smallest absolute Gasteiger partial charge is 0.493 e. The molecular formula is C25H35LiO3P+. The van der Waals surface area contributed by atoms with Gasteiger partial charge in [0.15, 0.2) is 5.52 Å². The van der Waals surface area contributed by atoms with Crippen molar-refractivity contribution in [1.82, 2.24) is 0 Å². The van der Waals surface area contributed by atoms with E-state index < -0.39 is 0 Å². The Morgan fingerprint density at radius 3 is 2.03 bits per heavy atom. The van der Waals surface area contributed by atoms with Crippen molar-refractivity contribution in [3.8, 4) is 11.5 Å². The first-order valence-corrected chi connectivity index (χ1v) is 11.5. The Kier molecular flexibility index (Phi) is 11.8. The molecule has 2 rings (SSSR count). The average molecular weight is 421 g/mol. The first-order chi connectivity index (χ1) is 13.8. The van der Waals surface area contributed by atoms with Gasteiger partial charge in [0, 0.05) is 16.9 Å². The van der Waals surface area contributed by atoms with Gasteiger partial charge in [-0.3, -0.25) is 4.79 Å². The molecule has 0 spiro atoms. The summed E-state index contributed by atoms with van der Waals surface area (Å²) in [5.41, 5.74) is 3.04. The van der Waals surface area contributed by atoms with Gasteiger partial charge in [0.2, 0.25) is 0 Å². The zero-order chi connectivity index (χ0) is 21.4. The summed E-state index contributed by atoms with van der Waals surface area (Å²) in [7, 11) is 0.0283. The molecule has 0 fully saturated rings. The second-order valence-corrected chi connectivity index (χ2v) is 9.68. The normalized spacial score (nSPS) is 11.2. The van der Waals surface area contributed by atoms with Crippen LogP contribution >= 0.6 is 8.58 Å². The van der Waals surface area contributed by atoms with Crippen LogP contribution in [-0.2, 0) is 0 Å². The molecule has 0 radical (unpaired) electrons. The van der Waals surface area contributed by atoms with Crippen LogP contribution in [0.4, 0.5) is 0 Å². The number of aryl methyl sites for hydroxylation is 2. The molecule has 0 aliphatic carbocycles. The number of carbonyl (C=O) groups excluding carboxylic acids is 1. The number of carbonyl (C=O) groups is 1. The van der Waals surface area contributed by atoms with Crippen molar-refractivity contribution < 1.29 is 33.1 Å². The molecule has 158 valence electrons. The summed E-state index contributed by atoms with van der Waals surface area (Å²) in [4.78, 5) is 13.0. The minimum atomic E-state index is 0. The Morgan fingerprint density at radius 1 is 0.900 bits per heavy atom. The van der Waals surface area contributed by atoms with Crippen LogP contribution < -0.4 is 33.6 Å². The Hall–Kier alpha value is -1.26. The van der Waals surface area contributed by atoms with E-state index in [2.05, 4.69) is 27.7 Å². The van der Waals surface area contributed by atoms with Gasteiger partial charge in [0.25, 0.3) is 0 Å². The summed E-state index contributed by atoms with van der Waals surface area (Å²) in [5.74, 6) is 2.75. The number of rotatable bonds is 11. The maximum Gasteiger partial charge on any atom is 1.00 e. The molecule has 5 heteroatoms. The van der Waals surface area contributed by atoms with Gasteiger partial charge in [-0.15, -0.1) is 0 Å². The maximum absolute atomic E-state index is 13.0. The molecule has 0 saturated carbocycles. The van der Waals surface area contributed by atoms with Gasteiger partial charge in [0.05, 0.1) is 13.2 Å². The fourth-order valence-electron chi connectivity index (χ4n) is 2.99. The number of benzene rings is 2. The molecule has 0 aliphatic heterocycles. The van der Waals surface area contributed by atoms with Gasteiger partial charge in [0.1, 0.15) is 11.5 Å². The molecule has 2 aromatic rings. The van der Waals surface area contributed by atoms with Crippen molar-refractivity contribution >= 4 is 19.4 Å². The molecular weight excluding hydrogens is 386 g/mol. The second kappa shape index (κ2) is 13.2. The molecule has 0 aromatic heterocycles. The van der Waals surface area contributed by atoms with Crippen LogP contribution in [0.15, 0.2) is 36.4 Å². The summed E-state index contributed by atoms with van der Waals surface area (Å²) in [6.45, 7) is 14.1. The molecule has 2 aromatic carbocycles. The molecule has 0 heterocycles. The third kappa shape index (κ3) is 8.47. The van der Waals surface area contributed by atoms with Crippen LogP contribution in [0.2, 0.25) is 0 Å². The SMILES string of the molecule is Cc1cccc(C)c1C(=O)Pc1ccc(OCCC(C)C)cc1OCCC(C)C.[Li+]. The van der Waals surface area contributed by atoms with E-state index in [-0.39, 0.29) is 33.0 Å². The van der Waals surface area contributed by atoms with E-state index in [1.807, 2.05) is 50.2 Å². The van der Waals surface area contributed by atoms with Gasteiger partial charge in [-0.1, -0.05) is 45.9 Å². The number of hydrogen-bond acceptors (Lipinski definition) is 3. The van der Waals surface area contributed by atoms with Crippen molar-refractivity contribution in [3.63, 3.8) is 0 Å². The van der Waals surface area contributed by atoms with E-state index in [1.165, 1.54) is 0 Å². The van der Waals surface area contributed by atoms with E-state index in [4.69, 9.17) is 9.47 Å². The fraction of sp³-hybridized carbons (Fsp3) is 0.480. The fourth-order valence-corrected chi connectivity index (χ4v) is 4.19. The van der Waals surface area contributed by atoms with Gasteiger partial charge < -0.3 is 9.47 Å². The predicted octanol–water partition coefficient (Wildman–Crippen LogP) is 3.30. The molecule has 0 N–H and O–H groups in total. The van der Waals surface area contributed by atoms with Crippen molar-refractivity contribution in [2.45, 2.75) is 54.4 Å². The van der Waals surface area contributed by atoms with Crippen LogP contribution in [0.1, 0.15) is 62.0 Å². The number of ether oxygens (including phenoxy) is 2. The monoisotopic (exact) mass is 421 g/mol. The van der Waals surface area contributed by atoms with Crippen molar-refractivity contribution in [2.24, 2.45) is 11.8 Å². The predicted molar refractivity (Wildman–Crippen MR) is 125 cm³/mol. The Bertz CT molecular complexity index is 798. The molecule has 0 saturated heterocycles. The minimum absolute atomic E-state index is 0. The molecule has 1 atom stereocenters. The van der Waals surface area contributed by atoms with Crippen LogP contribution in [-0.4, -0.2) is 18.7 Å². The molecule has 0 amide bonds. The van der Waals surface area contributed by atoms with Crippen LogP contribution in [0, 0.1) is 25.7 Å². The van der Waals surface area contributed by atoms with E-state index in [0.29, 0.717) is 25.0 Å². The standard InChI is InChI=1S/C25H35O3P.Li/c1-17(2)12-14-27-21-10-11-23(22(16-21)28-15-13-18(3)4)29-25(26)24-19(5)8-7-9-20(24)6;/h7-11,16-18,29H,12-15H2,1-6H3;/q;+1. The Morgan fingerprint density at radius 2 is 1.47 bits per heavy atom. The zero-order valence-electron chi connectivity index (χ0n) is 19.7. The molecule has 0 bridgehead atoms. The molecule has 1 unspecified atom stereocenters. The molecule has 30 heavy (non-hydrogen) atoms. The van der Waals surface area contributed by atoms with Crippen molar-refractivity contribution in [3.05, 3.63) is 53.1 Å². The van der Waals surface area contributed by atoms with Crippen molar-refractivity contribution in [2.75, 3.05) is 13.2 Å². The van der Waals surface area contributed by atoms with Crippen LogP contribution in [0.3, 0.4) is 0 Å². The summed E-state index contributed by atoms with van der Waals surface area (Å²) >= 11 is 0. The topological polar surface area (TPSA) is 35.5 Å². The Labute approximate surface area is 196 Å². The zero-order valence-corrected chi connectivity index (χ0v) is 20.7.